The van der Waals surface area contributed by atoms with Crippen molar-refractivity contribution < 1.29 is 13.2 Å². The van der Waals surface area contributed by atoms with Crippen LogP contribution in [0.5, 0.6) is 0 Å². The van der Waals surface area contributed by atoms with Crippen LogP contribution in [0.2, 0.25) is 0 Å². The van der Waals surface area contributed by atoms with Crippen molar-refractivity contribution in [1.82, 2.24) is 24.1 Å². The fourth-order valence-corrected chi connectivity index (χ4v) is 2.39. The lowest BCUT2D eigenvalue weighted by Crippen LogP contribution is -2.39. The van der Waals surface area contributed by atoms with Crippen molar-refractivity contribution in [2.75, 3.05) is 0 Å². The van der Waals surface area contributed by atoms with Crippen LogP contribution in [0.3, 0.4) is 0 Å². The lowest BCUT2D eigenvalue weighted by atomic mass is 10.2. The first-order valence-corrected chi connectivity index (χ1v) is 6.86. The summed E-state index contributed by atoms with van der Waals surface area (Å²) >= 11 is 0. The van der Waals surface area contributed by atoms with Gasteiger partial charge in [0.05, 0.1) is 23.8 Å². The topological polar surface area (TPSA) is 85.6 Å². The number of imidazole rings is 1. The van der Waals surface area contributed by atoms with Crippen molar-refractivity contribution in [3.8, 4) is 0 Å². The van der Waals surface area contributed by atoms with Crippen molar-refractivity contribution >= 4 is 11.0 Å². The third-order valence-corrected chi connectivity index (χ3v) is 3.56. The molecule has 24 heavy (non-hydrogen) atoms. The third-order valence-electron chi connectivity index (χ3n) is 3.56. The molecule has 0 atom stereocenters. The summed E-state index contributed by atoms with van der Waals surface area (Å²) in [6, 6.07) is 1.75. The first kappa shape index (κ1) is 16.0. The third kappa shape index (κ3) is 2.59. The monoisotopic (exact) mass is 339 g/mol. The molecule has 0 bridgehead atoms. The molecule has 0 aliphatic carbocycles. The molecular weight excluding hydrogens is 327 g/mol. The molecule has 7 nitrogen and oxygen atoms in total. The van der Waals surface area contributed by atoms with E-state index in [4.69, 9.17) is 0 Å². The van der Waals surface area contributed by atoms with Gasteiger partial charge in [0.2, 0.25) is 0 Å². The minimum Gasteiger partial charge on any atom is -0.345 e. The lowest BCUT2D eigenvalue weighted by Gasteiger charge is -2.11. The van der Waals surface area contributed by atoms with Crippen LogP contribution < -0.4 is 11.2 Å². The van der Waals surface area contributed by atoms with Crippen LogP contribution >= 0.6 is 0 Å². The summed E-state index contributed by atoms with van der Waals surface area (Å²) < 4.78 is 40.2. The van der Waals surface area contributed by atoms with E-state index in [9.17, 15) is 22.8 Å². The maximum Gasteiger partial charge on any atom is 0.433 e. The predicted octanol–water partition coefficient (Wildman–Crippen LogP) is 1.19. The van der Waals surface area contributed by atoms with Gasteiger partial charge in [0, 0.05) is 7.05 Å². The van der Waals surface area contributed by atoms with E-state index in [0.29, 0.717) is 11.5 Å². The molecule has 0 radical (unpaired) electrons. The molecule has 10 heteroatoms. The molecule has 3 aromatic rings. The molecule has 0 saturated carbocycles. The van der Waals surface area contributed by atoms with Gasteiger partial charge < -0.3 is 4.98 Å². The van der Waals surface area contributed by atoms with Gasteiger partial charge in [-0.2, -0.15) is 13.2 Å². The molecule has 3 rings (SSSR count). The number of rotatable bonds is 2. The fourth-order valence-electron chi connectivity index (χ4n) is 2.39. The molecule has 0 aliphatic heterocycles. The van der Waals surface area contributed by atoms with Crippen molar-refractivity contribution in [1.29, 1.82) is 0 Å². The van der Waals surface area contributed by atoms with Crippen molar-refractivity contribution in [3.05, 3.63) is 56.4 Å². The molecule has 0 unspecified atom stereocenters. The molecule has 0 spiro atoms. The van der Waals surface area contributed by atoms with Gasteiger partial charge in [0.1, 0.15) is 17.2 Å². The minimum absolute atomic E-state index is 0.0662. The highest BCUT2D eigenvalue weighted by Gasteiger charge is 2.33. The number of aromatic amines is 1. The number of aryl methyl sites for hydroxylation is 2. The highest BCUT2D eigenvalue weighted by atomic mass is 19.4. The zero-order valence-corrected chi connectivity index (χ0v) is 12.7. The summed E-state index contributed by atoms with van der Waals surface area (Å²) in [6.07, 6.45) is -3.18. The zero-order valence-electron chi connectivity index (χ0n) is 12.7. The molecule has 3 heterocycles. The second-order valence-corrected chi connectivity index (χ2v) is 5.29. The van der Waals surface area contributed by atoms with Gasteiger partial charge in [-0.1, -0.05) is 0 Å². The smallest absolute Gasteiger partial charge is 0.345 e. The SMILES string of the molecule is Cc1ncc(Cn2c(=O)c3ccc(C(F)(F)F)nc3n(C)c2=O)[nH]1. The van der Waals surface area contributed by atoms with E-state index in [2.05, 4.69) is 15.0 Å². The Balaban J connectivity index is 2.23. The van der Waals surface area contributed by atoms with Crippen molar-refractivity contribution in [3.63, 3.8) is 0 Å². The first-order chi connectivity index (χ1) is 11.2. The van der Waals surface area contributed by atoms with E-state index in [1.807, 2.05) is 0 Å². The lowest BCUT2D eigenvalue weighted by molar-refractivity contribution is -0.141. The number of nitrogens with one attached hydrogen (secondary N) is 1. The van der Waals surface area contributed by atoms with Crippen LogP contribution in [0, 0.1) is 6.92 Å². The molecule has 0 aliphatic rings. The number of alkyl halides is 3. The predicted molar refractivity (Wildman–Crippen MR) is 78.7 cm³/mol. The highest BCUT2D eigenvalue weighted by molar-refractivity contribution is 5.74. The maximum atomic E-state index is 12.8. The molecule has 1 N–H and O–H groups in total. The number of aromatic nitrogens is 5. The second-order valence-electron chi connectivity index (χ2n) is 5.29. The number of pyridine rings is 1. The van der Waals surface area contributed by atoms with Crippen molar-refractivity contribution in [2.45, 2.75) is 19.6 Å². The van der Waals surface area contributed by atoms with Crippen LogP contribution in [-0.2, 0) is 19.8 Å². The summed E-state index contributed by atoms with van der Waals surface area (Å²) in [6.45, 7) is 1.65. The van der Waals surface area contributed by atoms with E-state index in [1.165, 1.54) is 13.2 Å². The number of fused-ring (bicyclic) bond motifs is 1. The van der Waals surface area contributed by atoms with Gasteiger partial charge >= 0.3 is 11.9 Å². The van der Waals surface area contributed by atoms with E-state index in [0.717, 1.165) is 21.3 Å². The molecule has 0 amide bonds. The summed E-state index contributed by atoms with van der Waals surface area (Å²) in [5, 5.41) is -0.0682. The van der Waals surface area contributed by atoms with Gasteiger partial charge in [-0.3, -0.25) is 13.9 Å². The summed E-state index contributed by atoms with van der Waals surface area (Å²) in [5.74, 6) is 0.618. The number of hydrogen-bond donors (Lipinski definition) is 1. The Bertz CT molecular complexity index is 1050. The van der Waals surface area contributed by atoms with E-state index < -0.39 is 23.1 Å². The van der Waals surface area contributed by atoms with E-state index >= 15 is 0 Å². The Morgan fingerprint density at radius 1 is 1.25 bits per heavy atom. The van der Waals surface area contributed by atoms with Crippen LogP contribution in [0.15, 0.2) is 27.9 Å². The summed E-state index contributed by atoms with van der Waals surface area (Å²) in [5.41, 5.74) is -2.40. The Morgan fingerprint density at radius 2 is 1.96 bits per heavy atom. The Morgan fingerprint density at radius 3 is 2.54 bits per heavy atom. The van der Waals surface area contributed by atoms with Gasteiger partial charge in [-0.15, -0.1) is 0 Å². The molecule has 0 fully saturated rings. The van der Waals surface area contributed by atoms with Gasteiger partial charge in [-0.25, -0.2) is 14.8 Å². The summed E-state index contributed by atoms with van der Waals surface area (Å²) in [4.78, 5) is 35.1. The first-order valence-electron chi connectivity index (χ1n) is 6.86. The molecule has 0 aromatic carbocycles. The van der Waals surface area contributed by atoms with Crippen LogP contribution in [0.25, 0.3) is 11.0 Å². The average molecular weight is 339 g/mol. The maximum absolute atomic E-state index is 12.8. The molecular formula is C14H12F3N5O2. The molecule has 126 valence electrons. The Hall–Kier alpha value is -2.91. The van der Waals surface area contributed by atoms with E-state index in [-0.39, 0.29) is 17.6 Å². The van der Waals surface area contributed by atoms with Gasteiger partial charge in [0.25, 0.3) is 5.56 Å². The number of halogens is 3. The van der Waals surface area contributed by atoms with Gasteiger partial charge in [-0.05, 0) is 19.1 Å². The summed E-state index contributed by atoms with van der Waals surface area (Å²) in [7, 11) is 1.27. The standard InChI is InChI=1S/C14H12F3N5O2/c1-7-18-5-8(19-7)6-22-12(23)9-3-4-10(14(15,16)17)20-11(9)21(2)13(22)24/h3-5H,6H2,1-2H3,(H,18,19). The fraction of sp³-hybridized carbons (Fsp3) is 0.286. The molecule has 0 saturated heterocycles. The van der Waals surface area contributed by atoms with Crippen LogP contribution in [-0.4, -0.2) is 24.1 Å². The number of nitrogens with zero attached hydrogens (tertiary/aromatic N) is 4. The van der Waals surface area contributed by atoms with Crippen molar-refractivity contribution in [2.24, 2.45) is 7.05 Å². The van der Waals surface area contributed by atoms with Gasteiger partial charge in [0.15, 0.2) is 0 Å². The quantitative estimate of drug-likeness (QED) is 0.760. The average Bonchev–Trinajstić information content (AvgIpc) is 2.93. The largest absolute Gasteiger partial charge is 0.433 e. The molecule has 3 aromatic heterocycles. The van der Waals surface area contributed by atoms with E-state index in [1.54, 1.807) is 6.92 Å². The minimum atomic E-state index is -4.66. The van der Waals surface area contributed by atoms with Crippen LogP contribution in [0.1, 0.15) is 17.2 Å². The zero-order chi connectivity index (χ0) is 17.6. The Kier molecular flexibility index (Phi) is 3.54. The highest BCUT2D eigenvalue weighted by Crippen LogP contribution is 2.28. The second kappa shape index (κ2) is 5.32. The Labute approximate surface area is 132 Å². The number of H-pyrrole nitrogens is 1. The normalized spacial score (nSPS) is 12.0. The van der Waals surface area contributed by atoms with Crippen LogP contribution in [0.4, 0.5) is 13.2 Å². The number of hydrogen-bond acceptors (Lipinski definition) is 4.